The van der Waals surface area contributed by atoms with E-state index in [0.717, 1.165) is 16.9 Å². The maximum Gasteiger partial charge on any atom is 0.266 e. The average Bonchev–Trinajstić information content (AvgIpc) is 2.95. The van der Waals surface area contributed by atoms with E-state index in [2.05, 4.69) is 10.5 Å². The van der Waals surface area contributed by atoms with E-state index in [4.69, 9.17) is 5.21 Å². The Morgan fingerprint density at radius 3 is 2.80 bits per heavy atom. The largest absolute Gasteiger partial charge is 0.411 e. The molecule has 1 aromatic heterocycles. The Morgan fingerprint density at radius 2 is 2.10 bits per heavy atom. The summed E-state index contributed by atoms with van der Waals surface area (Å²) in [5.74, 6) is -0.130. The number of thiophene rings is 1. The number of para-hydroxylation sites is 1. The molecule has 0 aliphatic carbocycles. The third kappa shape index (κ3) is 2.88. The zero-order valence-corrected chi connectivity index (χ0v) is 12.2. The highest BCUT2D eigenvalue weighted by Gasteiger charge is 2.14. The van der Waals surface area contributed by atoms with Crippen LogP contribution in [0.3, 0.4) is 0 Å². The lowest BCUT2D eigenvalue weighted by Crippen LogP contribution is -2.14. The highest BCUT2D eigenvalue weighted by atomic mass is 32.1. The topological polar surface area (TPSA) is 61.7 Å². The number of nitrogens with zero attached hydrogens (tertiary/aromatic N) is 1. The Kier molecular flexibility index (Phi) is 4.53. The second-order valence-corrected chi connectivity index (χ2v) is 5.23. The van der Waals surface area contributed by atoms with E-state index >= 15 is 0 Å². The second kappa shape index (κ2) is 6.34. The van der Waals surface area contributed by atoms with E-state index in [9.17, 15) is 4.79 Å². The molecule has 1 heterocycles. The third-order valence-corrected chi connectivity index (χ3v) is 4.00. The summed E-state index contributed by atoms with van der Waals surface area (Å²) >= 11 is 1.43. The van der Waals surface area contributed by atoms with Gasteiger partial charge in [0.25, 0.3) is 5.91 Å². The molecule has 0 aliphatic heterocycles. The van der Waals surface area contributed by atoms with Crippen LogP contribution < -0.4 is 5.32 Å². The summed E-state index contributed by atoms with van der Waals surface area (Å²) in [6, 6.07) is 9.23. The summed E-state index contributed by atoms with van der Waals surface area (Å²) in [7, 11) is 0. The van der Waals surface area contributed by atoms with Gasteiger partial charge in [0.1, 0.15) is 0 Å². The van der Waals surface area contributed by atoms with E-state index in [1.807, 2.05) is 30.5 Å². The summed E-state index contributed by atoms with van der Waals surface area (Å²) in [4.78, 5) is 13.0. The minimum Gasteiger partial charge on any atom is -0.411 e. The molecular formula is C15H16N2O2S. The number of hydrogen-bond donors (Lipinski definition) is 2. The summed E-state index contributed by atoms with van der Waals surface area (Å²) in [5, 5.41) is 16.9. The van der Waals surface area contributed by atoms with E-state index in [1.165, 1.54) is 11.3 Å². The van der Waals surface area contributed by atoms with Gasteiger partial charge in [-0.3, -0.25) is 4.79 Å². The normalized spacial score (nSPS) is 11.4. The van der Waals surface area contributed by atoms with Crippen molar-refractivity contribution in [2.45, 2.75) is 20.3 Å². The lowest BCUT2D eigenvalue weighted by atomic mass is 10.1. The van der Waals surface area contributed by atoms with Crippen LogP contribution >= 0.6 is 11.3 Å². The highest BCUT2D eigenvalue weighted by Crippen LogP contribution is 2.21. The molecule has 1 aromatic carbocycles. The first kappa shape index (κ1) is 14.3. The molecule has 104 valence electrons. The Labute approximate surface area is 121 Å². The summed E-state index contributed by atoms with van der Waals surface area (Å²) in [6.45, 7) is 3.71. The van der Waals surface area contributed by atoms with Crippen molar-refractivity contribution in [1.29, 1.82) is 0 Å². The number of amides is 1. The van der Waals surface area contributed by atoms with E-state index in [0.29, 0.717) is 17.0 Å². The minimum absolute atomic E-state index is 0.130. The number of rotatable bonds is 4. The van der Waals surface area contributed by atoms with E-state index in [-0.39, 0.29) is 5.91 Å². The van der Waals surface area contributed by atoms with Gasteiger partial charge in [-0.2, -0.15) is 0 Å². The van der Waals surface area contributed by atoms with Gasteiger partial charge < -0.3 is 10.5 Å². The van der Waals surface area contributed by atoms with Crippen LogP contribution in [0.25, 0.3) is 0 Å². The van der Waals surface area contributed by atoms with Crippen molar-refractivity contribution < 1.29 is 10.0 Å². The van der Waals surface area contributed by atoms with Gasteiger partial charge in [0, 0.05) is 5.56 Å². The van der Waals surface area contributed by atoms with Gasteiger partial charge in [0.15, 0.2) is 0 Å². The number of benzene rings is 1. The number of carbonyl (C=O) groups is 1. The van der Waals surface area contributed by atoms with Crippen molar-refractivity contribution in [3.8, 4) is 0 Å². The Balaban J connectivity index is 2.29. The first-order valence-corrected chi connectivity index (χ1v) is 7.21. The molecule has 0 unspecified atom stereocenters. The quantitative estimate of drug-likeness (QED) is 0.511. The van der Waals surface area contributed by atoms with Gasteiger partial charge in [0.05, 0.1) is 16.3 Å². The molecule has 1 amide bonds. The maximum absolute atomic E-state index is 12.3. The van der Waals surface area contributed by atoms with Crippen LogP contribution in [0, 0.1) is 0 Å². The third-order valence-electron chi connectivity index (χ3n) is 3.05. The molecule has 4 nitrogen and oxygen atoms in total. The first-order valence-electron chi connectivity index (χ1n) is 6.33. The van der Waals surface area contributed by atoms with Gasteiger partial charge in [-0.05, 0) is 36.4 Å². The molecule has 0 bridgehead atoms. The van der Waals surface area contributed by atoms with Crippen LogP contribution in [0.5, 0.6) is 0 Å². The van der Waals surface area contributed by atoms with Gasteiger partial charge >= 0.3 is 0 Å². The van der Waals surface area contributed by atoms with E-state index in [1.54, 1.807) is 19.1 Å². The molecule has 20 heavy (non-hydrogen) atoms. The van der Waals surface area contributed by atoms with Crippen LogP contribution in [0.2, 0.25) is 0 Å². The van der Waals surface area contributed by atoms with Crippen LogP contribution in [0.15, 0.2) is 40.9 Å². The fourth-order valence-electron chi connectivity index (χ4n) is 1.95. The number of oxime groups is 1. The Hall–Kier alpha value is -2.14. The zero-order valence-electron chi connectivity index (χ0n) is 11.4. The standard InChI is InChI=1S/C15H16N2O2S/c1-3-11-8-9-20-14(11)15(18)16-13-7-5-4-6-12(13)10(2)17-19/h4-9,19H,3H2,1-2H3,(H,16,18)/b17-10+. The van der Waals surface area contributed by atoms with Gasteiger partial charge in [0.2, 0.25) is 0 Å². The molecule has 2 rings (SSSR count). The molecular weight excluding hydrogens is 272 g/mol. The lowest BCUT2D eigenvalue weighted by molar-refractivity contribution is 0.103. The molecule has 2 N–H and O–H groups in total. The molecule has 0 aliphatic rings. The number of hydrogen-bond acceptors (Lipinski definition) is 4. The predicted molar refractivity (Wildman–Crippen MR) is 82.1 cm³/mol. The van der Waals surface area contributed by atoms with Crippen molar-refractivity contribution in [3.05, 3.63) is 51.7 Å². The van der Waals surface area contributed by atoms with Crippen molar-refractivity contribution in [3.63, 3.8) is 0 Å². The predicted octanol–water partition coefficient (Wildman–Crippen LogP) is 3.76. The SMILES string of the molecule is CCc1ccsc1C(=O)Nc1ccccc1/C(C)=N/O. The van der Waals surface area contributed by atoms with E-state index < -0.39 is 0 Å². The molecule has 0 spiro atoms. The second-order valence-electron chi connectivity index (χ2n) is 4.31. The average molecular weight is 288 g/mol. The Morgan fingerprint density at radius 1 is 1.35 bits per heavy atom. The molecule has 5 heteroatoms. The monoisotopic (exact) mass is 288 g/mol. The van der Waals surface area contributed by atoms with Crippen LogP contribution in [-0.2, 0) is 6.42 Å². The van der Waals surface area contributed by atoms with Gasteiger partial charge in [-0.25, -0.2) is 0 Å². The molecule has 0 atom stereocenters. The van der Waals surface area contributed by atoms with Crippen LogP contribution in [-0.4, -0.2) is 16.8 Å². The summed E-state index contributed by atoms with van der Waals surface area (Å²) in [6.07, 6.45) is 0.824. The molecule has 0 fully saturated rings. The fraction of sp³-hybridized carbons (Fsp3) is 0.200. The zero-order chi connectivity index (χ0) is 14.5. The van der Waals surface area contributed by atoms with Gasteiger partial charge in [-0.15, -0.1) is 11.3 Å². The first-order chi connectivity index (χ1) is 9.67. The molecule has 2 aromatic rings. The number of aryl methyl sites for hydroxylation is 1. The summed E-state index contributed by atoms with van der Waals surface area (Å²) in [5.41, 5.74) is 2.85. The number of carbonyl (C=O) groups excluding carboxylic acids is 1. The maximum atomic E-state index is 12.3. The van der Waals surface area contributed by atoms with Gasteiger partial charge in [-0.1, -0.05) is 30.3 Å². The molecule has 0 radical (unpaired) electrons. The fourth-order valence-corrected chi connectivity index (χ4v) is 2.84. The van der Waals surface area contributed by atoms with Crippen molar-refractivity contribution in [2.75, 3.05) is 5.32 Å². The van der Waals surface area contributed by atoms with Crippen molar-refractivity contribution >= 4 is 28.6 Å². The summed E-state index contributed by atoms with van der Waals surface area (Å²) < 4.78 is 0. The number of nitrogens with one attached hydrogen (secondary N) is 1. The smallest absolute Gasteiger partial charge is 0.266 e. The minimum atomic E-state index is -0.130. The molecule has 0 saturated carbocycles. The van der Waals surface area contributed by atoms with Crippen LogP contribution in [0.4, 0.5) is 5.69 Å². The van der Waals surface area contributed by atoms with Crippen molar-refractivity contribution in [1.82, 2.24) is 0 Å². The Bertz CT molecular complexity index is 647. The lowest BCUT2D eigenvalue weighted by Gasteiger charge is -2.10. The molecule has 0 saturated heterocycles. The highest BCUT2D eigenvalue weighted by molar-refractivity contribution is 7.12. The van der Waals surface area contributed by atoms with Crippen molar-refractivity contribution in [2.24, 2.45) is 5.16 Å². The number of anilines is 1. The van der Waals surface area contributed by atoms with Crippen LogP contribution in [0.1, 0.15) is 34.6 Å².